The molecule has 0 spiro atoms. The second-order valence-corrected chi connectivity index (χ2v) is 5.53. The van der Waals surface area contributed by atoms with E-state index in [4.69, 9.17) is 11.6 Å². The minimum absolute atomic E-state index is 0.829. The zero-order valence-corrected chi connectivity index (χ0v) is 10.5. The molecule has 0 aliphatic heterocycles. The summed E-state index contributed by atoms with van der Waals surface area (Å²) >= 11 is 5.82. The molecule has 0 saturated heterocycles. The summed E-state index contributed by atoms with van der Waals surface area (Å²) in [5, 5.41) is 0. The number of hydrogen-bond acceptors (Lipinski definition) is 1. The number of alkyl halides is 1. The molecule has 88 valence electrons. The summed E-state index contributed by atoms with van der Waals surface area (Å²) in [6.07, 6.45) is 12.8. The van der Waals surface area contributed by atoms with Gasteiger partial charge in [0.2, 0.25) is 0 Å². The average molecular weight is 230 g/mol. The summed E-state index contributed by atoms with van der Waals surface area (Å²) in [6, 6.07) is 1.81. The van der Waals surface area contributed by atoms with Crippen LogP contribution in [-0.2, 0) is 0 Å². The molecule has 0 bridgehead atoms. The zero-order chi connectivity index (χ0) is 10.5. The molecule has 2 aliphatic rings. The van der Waals surface area contributed by atoms with Gasteiger partial charge in [-0.1, -0.05) is 25.7 Å². The van der Waals surface area contributed by atoms with Crippen LogP contribution in [0.15, 0.2) is 0 Å². The van der Waals surface area contributed by atoms with E-state index < -0.39 is 0 Å². The molecule has 0 amide bonds. The van der Waals surface area contributed by atoms with Gasteiger partial charge >= 0.3 is 0 Å². The highest BCUT2D eigenvalue weighted by Gasteiger charge is 2.30. The van der Waals surface area contributed by atoms with Crippen LogP contribution < -0.4 is 0 Å². The van der Waals surface area contributed by atoms with Crippen molar-refractivity contribution in [3.63, 3.8) is 0 Å². The van der Waals surface area contributed by atoms with Gasteiger partial charge in [0, 0.05) is 18.0 Å². The van der Waals surface area contributed by atoms with Crippen LogP contribution in [0.1, 0.15) is 57.8 Å². The van der Waals surface area contributed by atoms with Gasteiger partial charge in [0.1, 0.15) is 0 Å². The summed E-state index contributed by atoms with van der Waals surface area (Å²) in [4.78, 5) is 2.80. The molecule has 1 nitrogen and oxygen atoms in total. The first-order valence-electron chi connectivity index (χ1n) is 6.73. The third kappa shape index (κ3) is 3.10. The first kappa shape index (κ1) is 11.7. The van der Waals surface area contributed by atoms with Gasteiger partial charge in [-0.15, -0.1) is 11.6 Å². The van der Waals surface area contributed by atoms with Crippen LogP contribution in [0.25, 0.3) is 0 Å². The topological polar surface area (TPSA) is 3.24 Å². The van der Waals surface area contributed by atoms with Gasteiger partial charge < -0.3 is 0 Å². The highest BCUT2D eigenvalue weighted by molar-refractivity contribution is 6.17. The summed E-state index contributed by atoms with van der Waals surface area (Å²) in [6.45, 7) is 1.25. The molecule has 2 rings (SSSR count). The summed E-state index contributed by atoms with van der Waals surface area (Å²) in [5.41, 5.74) is 0. The van der Waals surface area contributed by atoms with Crippen molar-refractivity contribution in [2.75, 3.05) is 12.4 Å². The lowest BCUT2D eigenvalue weighted by atomic mass is 9.86. The molecular weight excluding hydrogens is 206 g/mol. The SMILES string of the molecule is ClCCCN(C1CCCCC1)C1CCC1. The minimum Gasteiger partial charge on any atom is -0.297 e. The van der Waals surface area contributed by atoms with E-state index in [2.05, 4.69) is 4.90 Å². The summed E-state index contributed by atoms with van der Waals surface area (Å²) in [7, 11) is 0. The molecule has 2 heteroatoms. The van der Waals surface area contributed by atoms with E-state index in [1.54, 1.807) is 0 Å². The van der Waals surface area contributed by atoms with Crippen LogP contribution >= 0.6 is 11.6 Å². The van der Waals surface area contributed by atoms with E-state index in [0.29, 0.717) is 0 Å². The molecule has 2 fully saturated rings. The van der Waals surface area contributed by atoms with Crippen molar-refractivity contribution in [3.8, 4) is 0 Å². The number of hydrogen-bond donors (Lipinski definition) is 0. The van der Waals surface area contributed by atoms with E-state index in [9.17, 15) is 0 Å². The first-order chi connectivity index (χ1) is 7.42. The molecule has 15 heavy (non-hydrogen) atoms. The fourth-order valence-electron chi connectivity index (χ4n) is 3.04. The molecule has 0 aromatic carbocycles. The first-order valence-corrected chi connectivity index (χ1v) is 7.27. The van der Waals surface area contributed by atoms with Crippen molar-refractivity contribution in [1.82, 2.24) is 4.90 Å². The maximum Gasteiger partial charge on any atom is 0.0235 e. The van der Waals surface area contributed by atoms with Gasteiger partial charge in [-0.05, 0) is 38.6 Å². The second kappa shape index (κ2) is 6.10. The molecule has 0 aromatic heterocycles. The Hall–Kier alpha value is 0.250. The molecule has 0 N–H and O–H groups in total. The Morgan fingerprint density at radius 2 is 1.47 bits per heavy atom. The number of rotatable bonds is 5. The monoisotopic (exact) mass is 229 g/mol. The lowest BCUT2D eigenvalue weighted by molar-refractivity contribution is 0.0602. The van der Waals surface area contributed by atoms with Crippen LogP contribution in [0.3, 0.4) is 0 Å². The van der Waals surface area contributed by atoms with Crippen molar-refractivity contribution in [2.24, 2.45) is 0 Å². The number of nitrogens with zero attached hydrogens (tertiary/aromatic N) is 1. The van der Waals surface area contributed by atoms with Crippen molar-refractivity contribution in [3.05, 3.63) is 0 Å². The van der Waals surface area contributed by atoms with Crippen molar-refractivity contribution >= 4 is 11.6 Å². The zero-order valence-electron chi connectivity index (χ0n) is 9.76. The average Bonchev–Trinajstić information content (AvgIpc) is 2.22. The fourth-order valence-corrected chi connectivity index (χ4v) is 3.16. The second-order valence-electron chi connectivity index (χ2n) is 5.16. The minimum atomic E-state index is 0.829. The van der Waals surface area contributed by atoms with Gasteiger partial charge in [-0.25, -0.2) is 0 Å². The third-order valence-electron chi connectivity index (χ3n) is 4.14. The fraction of sp³-hybridized carbons (Fsp3) is 1.00. The van der Waals surface area contributed by atoms with Crippen molar-refractivity contribution < 1.29 is 0 Å². The molecule has 0 aromatic rings. The Bertz CT molecular complexity index is 173. The molecule has 2 saturated carbocycles. The van der Waals surface area contributed by atoms with Gasteiger partial charge in [0.15, 0.2) is 0 Å². The van der Waals surface area contributed by atoms with Crippen molar-refractivity contribution in [2.45, 2.75) is 69.9 Å². The Morgan fingerprint density at radius 3 is 1.93 bits per heavy atom. The van der Waals surface area contributed by atoms with E-state index >= 15 is 0 Å². The Labute approximate surface area is 99.2 Å². The van der Waals surface area contributed by atoms with Crippen LogP contribution in [0.5, 0.6) is 0 Å². The highest BCUT2D eigenvalue weighted by atomic mass is 35.5. The molecule has 0 heterocycles. The van der Waals surface area contributed by atoms with E-state index in [0.717, 1.165) is 18.0 Å². The predicted octanol–water partition coefficient (Wildman–Crippen LogP) is 3.80. The molecule has 2 aliphatic carbocycles. The number of halogens is 1. The van der Waals surface area contributed by atoms with Gasteiger partial charge in [-0.2, -0.15) is 0 Å². The van der Waals surface area contributed by atoms with E-state index in [1.165, 1.54) is 64.3 Å². The molecular formula is C13H24ClN. The Morgan fingerprint density at radius 1 is 0.867 bits per heavy atom. The highest BCUT2D eigenvalue weighted by Crippen LogP contribution is 2.31. The van der Waals surface area contributed by atoms with Gasteiger partial charge in [0.25, 0.3) is 0 Å². The smallest absolute Gasteiger partial charge is 0.0235 e. The lowest BCUT2D eigenvalue weighted by Crippen LogP contribution is -2.47. The van der Waals surface area contributed by atoms with Gasteiger partial charge in [0.05, 0.1) is 0 Å². The maximum absolute atomic E-state index is 5.82. The molecule has 0 atom stereocenters. The summed E-state index contributed by atoms with van der Waals surface area (Å²) in [5.74, 6) is 0.829. The van der Waals surface area contributed by atoms with Crippen LogP contribution in [0.2, 0.25) is 0 Å². The Kier molecular flexibility index (Phi) is 4.77. The predicted molar refractivity (Wildman–Crippen MR) is 66.6 cm³/mol. The van der Waals surface area contributed by atoms with Crippen LogP contribution in [-0.4, -0.2) is 29.4 Å². The normalized spacial score (nSPS) is 24.4. The quantitative estimate of drug-likeness (QED) is 0.649. The van der Waals surface area contributed by atoms with Crippen molar-refractivity contribution in [1.29, 1.82) is 0 Å². The third-order valence-corrected chi connectivity index (χ3v) is 4.40. The molecule has 0 unspecified atom stereocenters. The lowest BCUT2D eigenvalue weighted by Gasteiger charge is -2.44. The van der Waals surface area contributed by atoms with Crippen LogP contribution in [0, 0.1) is 0 Å². The van der Waals surface area contributed by atoms with E-state index in [-0.39, 0.29) is 0 Å². The Balaban J connectivity index is 1.84. The van der Waals surface area contributed by atoms with Gasteiger partial charge in [-0.3, -0.25) is 4.90 Å². The van der Waals surface area contributed by atoms with E-state index in [1.807, 2.05) is 0 Å². The summed E-state index contributed by atoms with van der Waals surface area (Å²) < 4.78 is 0. The van der Waals surface area contributed by atoms with Crippen LogP contribution in [0.4, 0.5) is 0 Å². The maximum atomic E-state index is 5.82. The molecule has 0 radical (unpaired) electrons. The largest absolute Gasteiger partial charge is 0.297 e. The standard InChI is InChI=1S/C13H24ClN/c14-10-5-11-15(13-8-4-9-13)12-6-2-1-3-7-12/h12-13H,1-11H2.